The maximum absolute atomic E-state index is 11.7. The highest BCUT2D eigenvalue weighted by Gasteiger charge is 2.13. The van der Waals surface area contributed by atoms with E-state index in [1.807, 2.05) is 35.0 Å². The van der Waals surface area contributed by atoms with E-state index in [0.29, 0.717) is 6.54 Å². The fourth-order valence-electron chi connectivity index (χ4n) is 1.95. The lowest BCUT2D eigenvalue weighted by molar-refractivity contribution is -0.141. The maximum atomic E-state index is 11.7. The van der Waals surface area contributed by atoms with E-state index in [1.54, 1.807) is 0 Å². The first-order valence-electron chi connectivity index (χ1n) is 6.24. The number of carbonyl (C=O) groups excluding carboxylic acids is 1. The monoisotopic (exact) mass is 338 g/mol. The second-order valence-corrected chi connectivity index (χ2v) is 5.51. The molecular formula is C14H15BrN2O3. The molecule has 0 bridgehead atoms. The van der Waals surface area contributed by atoms with Crippen molar-refractivity contribution in [3.63, 3.8) is 0 Å². The van der Waals surface area contributed by atoms with Crippen LogP contribution in [0, 0.1) is 0 Å². The van der Waals surface area contributed by atoms with Crippen LogP contribution < -0.4 is 5.32 Å². The van der Waals surface area contributed by atoms with E-state index in [2.05, 4.69) is 21.2 Å². The summed E-state index contributed by atoms with van der Waals surface area (Å²) < 4.78 is 2.96. The summed E-state index contributed by atoms with van der Waals surface area (Å²) in [6, 6.07) is 7.08. The van der Waals surface area contributed by atoms with Gasteiger partial charge in [0, 0.05) is 29.2 Å². The molecule has 5 nitrogen and oxygen atoms in total. The smallest absolute Gasteiger partial charge is 0.325 e. The topological polar surface area (TPSA) is 71.3 Å². The minimum atomic E-state index is -1.03. The second-order valence-electron chi connectivity index (χ2n) is 4.59. The zero-order valence-electron chi connectivity index (χ0n) is 11.0. The first-order valence-corrected chi connectivity index (χ1v) is 7.03. The van der Waals surface area contributed by atoms with Gasteiger partial charge in [-0.05, 0) is 30.5 Å². The van der Waals surface area contributed by atoms with Gasteiger partial charge in [-0.2, -0.15) is 0 Å². The van der Waals surface area contributed by atoms with Crippen molar-refractivity contribution in [3.8, 4) is 0 Å². The first kappa shape index (κ1) is 14.6. The Morgan fingerprint density at radius 2 is 2.15 bits per heavy atom. The lowest BCUT2D eigenvalue weighted by Gasteiger charge is -2.10. The highest BCUT2D eigenvalue weighted by molar-refractivity contribution is 9.10. The Balaban J connectivity index is 2.01. The number of nitrogens with one attached hydrogen (secondary N) is 1. The van der Waals surface area contributed by atoms with Crippen LogP contribution in [-0.4, -0.2) is 27.6 Å². The van der Waals surface area contributed by atoms with Gasteiger partial charge in [-0.1, -0.05) is 22.0 Å². The number of hydrogen-bond acceptors (Lipinski definition) is 2. The van der Waals surface area contributed by atoms with Crippen molar-refractivity contribution in [3.05, 3.63) is 34.9 Å². The molecule has 0 aliphatic heterocycles. The molecule has 0 spiro atoms. The quantitative estimate of drug-likeness (QED) is 0.879. The van der Waals surface area contributed by atoms with E-state index >= 15 is 0 Å². The summed E-state index contributed by atoms with van der Waals surface area (Å²) in [7, 11) is 0. The minimum Gasteiger partial charge on any atom is -0.480 e. The van der Waals surface area contributed by atoms with Gasteiger partial charge in [-0.25, -0.2) is 0 Å². The Morgan fingerprint density at radius 3 is 2.85 bits per heavy atom. The van der Waals surface area contributed by atoms with Gasteiger partial charge in [-0.15, -0.1) is 0 Å². The SMILES string of the molecule is C[C@H](NC(=O)CCn1ccc2ccc(Br)cc21)C(=O)O. The Morgan fingerprint density at radius 1 is 1.40 bits per heavy atom. The third-order valence-electron chi connectivity index (χ3n) is 3.06. The van der Waals surface area contributed by atoms with E-state index < -0.39 is 12.0 Å². The molecule has 0 saturated carbocycles. The van der Waals surface area contributed by atoms with Crippen molar-refractivity contribution in [1.82, 2.24) is 9.88 Å². The Hall–Kier alpha value is -1.82. The number of aryl methyl sites for hydroxylation is 1. The molecule has 2 N–H and O–H groups in total. The molecule has 6 heteroatoms. The first-order chi connectivity index (χ1) is 9.47. The molecule has 106 valence electrons. The molecule has 1 amide bonds. The lowest BCUT2D eigenvalue weighted by atomic mass is 10.2. The Labute approximate surface area is 124 Å². The lowest BCUT2D eigenvalue weighted by Crippen LogP contribution is -2.38. The van der Waals surface area contributed by atoms with E-state index in [1.165, 1.54) is 6.92 Å². The van der Waals surface area contributed by atoms with Crippen LogP contribution in [0.2, 0.25) is 0 Å². The second kappa shape index (κ2) is 6.09. The fourth-order valence-corrected chi connectivity index (χ4v) is 2.30. The largest absolute Gasteiger partial charge is 0.480 e. The number of benzene rings is 1. The molecule has 1 heterocycles. The van der Waals surface area contributed by atoms with Gasteiger partial charge in [0.1, 0.15) is 6.04 Å². The minimum absolute atomic E-state index is 0.244. The zero-order valence-corrected chi connectivity index (χ0v) is 12.6. The number of amides is 1. The molecule has 0 fully saturated rings. The van der Waals surface area contributed by atoms with Gasteiger partial charge in [0.2, 0.25) is 5.91 Å². The molecule has 2 rings (SSSR count). The molecule has 20 heavy (non-hydrogen) atoms. The molecule has 0 saturated heterocycles. The number of fused-ring (bicyclic) bond motifs is 1. The number of nitrogens with zero attached hydrogens (tertiary/aromatic N) is 1. The van der Waals surface area contributed by atoms with Crippen LogP contribution in [0.3, 0.4) is 0 Å². The number of carboxylic acid groups (broad SMARTS) is 1. The van der Waals surface area contributed by atoms with E-state index in [-0.39, 0.29) is 12.3 Å². The summed E-state index contributed by atoms with van der Waals surface area (Å²) in [5.74, 6) is -1.30. The molecule has 2 aromatic rings. The van der Waals surface area contributed by atoms with Crippen molar-refractivity contribution in [1.29, 1.82) is 0 Å². The fraction of sp³-hybridized carbons (Fsp3) is 0.286. The van der Waals surface area contributed by atoms with Crippen LogP contribution in [0.25, 0.3) is 10.9 Å². The highest BCUT2D eigenvalue weighted by Crippen LogP contribution is 2.21. The molecule has 0 aliphatic carbocycles. The molecule has 0 radical (unpaired) electrons. The van der Waals surface area contributed by atoms with Crippen molar-refractivity contribution < 1.29 is 14.7 Å². The predicted octanol–water partition coefficient (Wildman–Crippen LogP) is 2.38. The maximum Gasteiger partial charge on any atom is 0.325 e. The van der Waals surface area contributed by atoms with Crippen LogP contribution in [0.1, 0.15) is 13.3 Å². The zero-order chi connectivity index (χ0) is 14.7. The summed E-state index contributed by atoms with van der Waals surface area (Å²) in [5.41, 5.74) is 1.04. The van der Waals surface area contributed by atoms with Crippen molar-refractivity contribution >= 4 is 38.7 Å². The molecule has 1 aromatic heterocycles. The average molecular weight is 339 g/mol. The van der Waals surface area contributed by atoms with Crippen LogP contribution in [0.4, 0.5) is 0 Å². The number of carboxylic acids is 1. The van der Waals surface area contributed by atoms with Crippen molar-refractivity contribution in [2.24, 2.45) is 0 Å². The molecule has 0 unspecified atom stereocenters. The number of rotatable bonds is 5. The standard InChI is InChI=1S/C14H15BrN2O3/c1-9(14(19)20)16-13(18)5-7-17-6-4-10-2-3-11(15)8-12(10)17/h2-4,6,8-9H,5,7H2,1H3,(H,16,18)(H,19,20)/t9-/m0/s1. The molecule has 1 atom stereocenters. The van der Waals surface area contributed by atoms with Gasteiger partial charge in [0.05, 0.1) is 0 Å². The van der Waals surface area contributed by atoms with Gasteiger partial charge in [-0.3, -0.25) is 9.59 Å². The van der Waals surface area contributed by atoms with Crippen molar-refractivity contribution in [2.45, 2.75) is 25.9 Å². The van der Waals surface area contributed by atoms with Crippen LogP contribution in [-0.2, 0) is 16.1 Å². The van der Waals surface area contributed by atoms with E-state index in [4.69, 9.17) is 5.11 Å². The van der Waals surface area contributed by atoms with Gasteiger partial charge in [0.15, 0.2) is 0 Å². The molecule has 1 aromatic carbocycles. The molecular weight excluding hydrogens is 324 g/mol. The van der Waals surface area contributed by atoms with Gasteiger partial charge in [0.25, 0.3) is 0 Å². The number of hydrogen-bond donors (Lipinski definition) is 2. The number of carbonyl (C=O) groups is 2. The summed E-state index contributed by atoms with van der Waals surface area (Å²) in [6.45, 7) is 1.96. The summed E-state index contributed by atoms with van der Waals surface area (Å²) in [5, 5.41) is 12.3. The van der Waals surface area contributed by atoms with Crippen molar-refractivity contribution in [2.75, 3.05) is 0 Å². The van der Waals surface area contributed by atoms with E-state index in [9.17, 15) is 9.59 Å². The third kappa shape index (κ3) is 3.39. The normalized spacial score (nSPS) is 12.3. The third-order valence-corrected chi connectivity index (χ3v) is 3.56. The number of aromatic nitrogens is 1. The van der Waals surface area contributed by atoms with Crippen LogP contribution in [0.5, 0.6) is 0 Å². The van der Waals surface area contributed by atoms with E-state index in [0.717, 1.165) is 15.4 Å². The van der Waals surface area contributed by atoms with Crippen LogP contribution in [0.15, 0.2) is 34.9 Å². The summed E-state index contributed by atoms with van der Waals surface area (Å²) in [4.78, 5) is 22.3. The van der Waals surface area contributed by atoms with Crippen LogP contribution >= 0.6 is 15.9 Å². The van der Waals surface area contributed by atoms with Gasteiger partial charge >= 0.3 is 5.97 Å². The summed E-state index contributed by atoms with van der Waals surface area (Å²) >= 11 is 3.42. The predicted molar refractivity (Wildman–Crippen MR) is 79.5 cm³/mol. The Kier molecular flexibility index (Phi) is 4.44. The Bertz CT molecular complexity index is 651. The highest BCUT2D eigenvalue weighted by atomic mass is 79.9. The average Bonchev–Trinajstić information content (AvgIpc) is 2.78. The summed E-state index contributed by atoms with van der Waals surface area (Å²) in [6.07, 6.45) is 2.17. The molecule has 0 aliphatic rings. The van der Waals surface area contributed by atoms with Gasteiger partial charge < -0.3 is 15.0 Å². The number of aliphatic carboxylic acids is 1. The number of halogens is 1.